The lowest BCUT2D eigenvalue weighted by atomic mass is 10.1. The number of thioether (sulfide) groups is 1. The van der Waals surface area contributed by atoms with Crippen molar-refractivity contribution in [2.24, 2.45) is 0 Å². The third kappa shape index (κ3) is 4.57. The van der Waals surface area contributed by atoms with Crippen LogP contribution in [0.2, 0.25) is 0 Å². The van der Waals surface area contributed by atoms with E-state index in [9.17, 15) is 4.79 Å². The zero-order chi connectivity index (χ0) is 20.9. The summed E-state index contributed by atoms with van der Waals surface area (Å²) in [6.07, 6.45) is 0. The molecule has 0 atom stereocenters. The van der Waals surface area contributed by atoms with Gasteiger partial charge in [0.05, 0.1) is 5.75 Å². The molecule has 0 bridgehead atoms. The summed E-state index contributed by atoms with van der Waals surface area (Å²) >= 11 is 4.78. The first-order valence-electron chi connectivity index (χ1n) is 9.60. The number of hydrogen-bond acceptors (Lipinski definition) is 5. The molecule has 0 N–H and O–H groups in total. The summed E-state index contributed by atoms with van der Waals surface area (Å²) in [4.78, 5) is 12.5. The van der Waals surface area contributed by atoms with Crippen LogP contribution in [0.5, 0.6) is 5.75 Å². The highest BCUT2D eigenvalue weighted by Crippen LogP contribution is 2.26. The third-order valence-electron chi connectivity index (χ3n) is 4.71. The molecule has 5 nitrogen and oxygen atoms in total. The fourth-order valence-corrected chi connectivity index (χ4v) is 4.34. The van der Waals surface area contributed by atoms with Crippen molar-refractivity contribution in [3.8, 4) is 5.75 Å². The van der Waals surface area contributed by atoms with Crippen LogP contribution in [0.3, 0.4) is 0 Å². The number of Topliss-reactive ketones (excluding diaryl/α,β-unsaturated/α-hetero) is 1. The Balaban J connectivity index is 1.44. The van der Waals surface area contributed by atoms with Gasteiger partial charge in [0.1, 0.15) is 12.4 Å². The Morgan fingerprint density at radius 3 is 2.60 bits per heavy atom. The summed E-state index contributed by atoms with van der Waals surface area (Å²) in [7, 11) is 0. The lowest BCUT2D eigenvalue weighted by Gasteiger charge is -2.10. The maximum atomic E-state index is 12.5. The van der Waals surface area contributed by atoms with Crippen molar-refractivity contribution in [2.75, 3.05) is 5.75 Å². The molecule has 7 heteroatoms. The highest BCUT2D eigenvalue weighted by Gasteiger charge is 2.15. The molecule has 0 spiro atoms. The monoisotopic (exact) mass is 481 g/mol. The van der Waals surface area contributed by atoms with E-state index >= 15 is 0 Å². The van der Waals surface area contributed by atoms with Gasteiger partial charge >= 0.3 is 0 Å². The minimum absolute atomic E-state index is 0.0618. The molecule has 152 valence electrons. The van der Waals surface area contributed by atoms with Crippen molar-refractivity contribution in [2.45, 2.75) is 25.2 Å². The number of nitrogens with zero attached hydrogens (tertiary/aromatic N) is 3. The van der Waals surface area contributed by atoms with E-state index in [1.807, 2.05) is 66.1 Å². The van der Waals surface area contributed by atoms with Crippen LogP contribution in [0.4, 0.5) is 0 Å². The molecule has 0 aliphatic carbocycles. The van der Waals surface area contributed by atoms with E-state index < -0.39 is 0 Å². The molecule has 0 saturated heterocycles. The Kier molecular flexibility index (Phi) is 6.50. The van der Waals surface area contributed by atoms with E-state index in [2.05, 4.69) is 38.3 Å². The fraction of sp³-hybridized carbons (Fsp3) is 0.174. The van der Waals surface area contributed by atoms with Gasteiger partial charge in [-0.2, -0.15) is 0 Å². The number of hydrogen-bond donors (Lipinski definition) is 0. The quantitative estimate of drug-likeness (QED) is 0.236. The summed E-state index contributed by atoms with van der Waals surface area (Å²) < 4.78 is 9.01. The van der Waals surface area contributed by atoms with Gasteiger partial charge in [0.15, 0.2) is 16.8 Å². The summed E-state index contributed by atoms with van der Waals surface area (Å²) in [5, 5.41) is 11.5. The SMILES string of the molecule is CCn1c(COc2cccc3ccccc23)nnc1SCC(=O)c1ccc(Br)cc1. The molecule has 0 radical (unpaired) electrons. The van der Waals surface area contributed by atoms with Crippen molar-refractivity contribution >= 4 is 44.2 Å². The van der Waals surface area contributed by atoms with Crippen molar-refractivity contribution in [3.63, 3.8) is 0 Å². The lowest BCUT2D eigenvalue weighted by Crippen LogP contribution is -2.08. The predicted molar refractivity (Wildman–Crippen MR) is 123 cm³/mol. The van der Waals surface area contributed by atoms with Crippen LogP contribution in [0.25, 0.3) is 10.8 Å². The van der Waals surface area contributed by atoms with Crippen LogP contribution in [-0.4, -0.2) is 26.3 Å². The van der Waals surface area contributed by atoms with Gasteiger partial charge in [-0.3, -0.25) is 4.79 Å². The van der Waals surface area contributed by atoms with E-state index in [1.54, 1.807) is 0 Å². The topological polar surface area (TPSA) is 57.0 Å². The molecule has 0 unspecified atom stereocenters. The summed E-state index contributed by atoms with van der Waals surface area (Å²) in [5.74, 6) is 1.93. The highest BCUT2D eigenvalue weighted by molar-refractivity contribution is 9.10. The first-order valence-corrected chi connectivity index (χ1v) is 11.4. The molecule has 0 fully saturated rings. The van der Waals surface area contributed by atoms with Gasteiger partial charge < -0.3 is 9.30 Å². The second-order valence-electron chi connectivity index (χ2n) is 6.63. The normalized spacial score (nSPS) is 11.0. The number of ketones is 1. The van der Waals surface area contributed by atoms with Crippen LogP contribution in [-0.2, 0) is 13.2 Å². The van der Waals surface area contributed by atoms with Gasteiger partial charge in [-0.1, -0.05) is 76.2 Å². The number of benzene rings is 3. The number of ether oxygens (including phenoxy) is 1. The van der Waals surface area contributed by atoms with Crippen molar-refractivity contribution in [1.29, 1.82) is 0 Å². The molecule has 3 aromatic carbocycles. The van der Waals surface area contributed by atoms with Gasteiger partial charge in [-0.05, 0) is 30.5 Å². The van der Waals surface area contributed by atoms with E-state index in [-0.39, 0.29) is 5.78 Å². The van der Waals surface area contributed by atoms with Gasteiger partial charge in [0.2, 0.25) is 0 Å². The number of halogens is 1. The molecule has 4 rings (SSSR count). The average molecular weight is 482 g/mol. The van der Waals surface area contributed by atoms with Gasteiger partial charge in [-0.15, -0.1) is 10.2 Å². The van der Waals surface area contributed by atoms with E-state index in [0.29, 0.717) is 24.5 Å². The van der Waals surface area contributed by atoms with Crippen LogP contribution in [0, 0.1) is 0 Å². The molecule has 4 aromatic rings. The molecule has 1 aromatic heterocycles. The van der Waals surface area contributed by atoms with Crippen LogP contribution >= 0.6 is 27.7 Å². The summed E-state index contributed by atoms with van der Waals surface area (Å²) in [6, 6.07) is 21.5. The van der Waals surface area contributed by atoms with E-state index in [4.69, 9.17) is 4.74 Å². The van der Waals surface area contributed by atoms with Crippen LogP contribution < -0.4 is 4.74 Å². The fourth-order valence-electron chi connectivity index (χ4n) is 3.16. The lowest BCUT2D eigenvalue weighted by molar-refractivity contribution is 0.102. The van der Waals surface area contributed by atoms with Crippen LogP contribution in [0.1, 0.15) is 23.1 Å². The Bertz CT molecular complexity index is 1170. The summed E-state index contributed by atoms with van der Waals surface area (Å²) in [6.45, 7) is 3.05. The molecular weight excluding hydrogens is 462 g/mol. The highest BCUT2D eigenvalue weighted by atomic mass is 79.9. The minimum Gasteiger partial charge on any atom is -0.485 e. The van der Waals surface area contributed by atoms with Crippen LogP contribution in [0.15, 0.2) is 76.4 Å². The zero-order valence-corrected chi connectivity index (χ0v) is 18.8. The maximum absolute atomic E-state index is 12.5. The van der Waals surface area contributed by atoms with Crippen molar-refractivity contribution < 1.29 is 9.53 Å². The average Bonchev–Trinajstić information content (AvgIpc) is 3.18. The van der Waals surface area contributed by atoms with E-state index in [0.717, 1.165) is 32.0 Å². The Labute approximate surface area is 187 Å². The standard InChI is InChI=1S/C23H20BrN3O2S/c1-2-27-22(14-29-21-9-5-7-16-6-3-4-8-19(16)21)25-26-23(27)30-15-20(28)17-10-12-18(24)13-11-17/h3-13H,2,14-15H2,1H3. The number of rotatable bonds is 8. The second kappa shape index (κ2) is 9.45. The van der Waals surface area contributed by atoms with E-state index in [1.165, 1.54) is 11.8 Å². The Hall–Kier alpha value is -2.64. The van der Waals surface area contributed by atoms with Crippen molar-refractivity contribution in [1.82, 2.24) is 14.8 Å². The zero-order valence-electron chi connectivity index (χ0n) is 16.4. The Morgan fingerprint density at radius 2 is 1.80 bits per heavy atom. The predicted octanol–water partition coefficient (Wildman–Crippen LogP) is 5.77. The molecule has 0 aliphatic rings. The molecule has 1 heterocycles. The first kappa shape index (κ1) is 20.6. The summed E-state index contributed by atoms with van der Waals surface area (Å²) in [5.41, 5.74) is 0.688. The number of fused-ring (bicyclic) bond motifs is 1. The number of carbonyl (C=O) groups is 1. The Morgan fingerprint density at radius 1 is 1.03 bits per heavy atom. The first-order chi connectivity index (χ1) is 14.7. The van der Waals surface area contributed by atoms with Gasteiger partial charge in [0.25, 0.3) is 0 Å². The molecule has 0 amide bonds. The maximum Gasteiger partial charge on any atom is 0.191 e. The molecule has 0 aliphatic heterocycles. The van der Waals surface area contributed by atoms with Gasteiger partial charge in [0, 0.05) is 22.0 Å². The van der Waals surface area contributed by atoms with Gasteiger partial charge in [-0.25, -0.2) is 0 Å². The smallest absolute Gasteiger partial charge is 0.191 e. The molecule has 0 saturated carbocycles. The molecule has 30 heavy (non-hydrogen) atoms. The second-order valence-corrected chi connectivity index (χ2v) is 8.49. The molecular formula is C23H20BrN3O2S. The minimum atomic E-state index is 0.0618. The number of carbonyl (C=O) groups excluding carboxylic acids is 1. The van der Waals surface area contributed by atoms with Crippen molar-refractivity contribution in [3.05, 3.63) is 82.6 Å². The third-order valence-corrected chi connectivity index (χ3v) is 6.21. The number of aromatic nitrogens is 3. The largest absolute Gasteiger partial charge is 0.485 e.